The molecule has 2 atom stereocenters. The number of methoxy groups -OCH3 is 1. The van der Waals surface area contributed by atoms with Crippen LogP contribution in [0.3, 0.4) is 0 Å². The largest absolute Gasteiger partial charge is 0.469 e. The predicted molar refractivity (Wildman–Crippen MR) is 66.4 cm³/mol. The highest BCUT2D eigenvalue weighted by atomic mass is 16.5. The van der Waals surface area contributed by atoms with Crippen molar-refractivity contribution in [2.24, 2.45) is 0 Å². The number of hydrogen-bond donors (Lipinski definition) is 0. The van der Waals surface area contributed by atoms with Crippen LogP contribution >= 0.6 is 0 Å². The van der Waals surface area contributed by atoms with Gasteiger partial charge in [0.2, 0.25) is 0 Å². The second-order valence-electron chi connectivity index (χ2n) is 4.97. The lowest BCUT2D eigenvalue weighted by atomic mass is 10.1. The number of carbonyl (C=O) groups excluding carboxylic acids is 1. The van der Waals surface area contributed by atoms with E-state index in [2.05, 4.69) is 4.90 Å². The summed E-state index contributed by atoms with van der Waals surface area (Å²) in [6, 6.07) is 0.429. The Bertz CT molecular complexity index is 260. The molecule has 2 fully saturated rings. The molecule has 5 nitrogen and oxygen atoms in total. The lowest BCUT2D eigenvalue weighted by molar-refractivity contribution is -0.141. The predicted octanol–water partition coefficient (Wildman–Crippen LogP) is 0.819. The van der Waals surface area contributed by atoms with Crippen molar-refractivity contribution >= 4 is 5.97 Å². The van der Waals surface area contributed by atoms with Crippen molar-refractivity contribution in [2.75, 3.05) is 40.0 Å². The molecule has 0 N–H and O–H groups in total. The van der Waals surface area contributed by atoms with Gasteiger partial charge in [-0.05, 0) is 19.3 Å². The number of ether oxygens (including phenoxy) is 3. The molecule has 0 aliphatic carbocycles. The minimum absolute atomic E-state index is 0.147. The summed E-state index contributed by atoms with van der Waals surface area (Å²) in [5.41, 5.74) is 0. The highest BCUT2D eigenvalue weighted by molar-refractivity contribution is 5.69. The number of carbonyl (C=O) groups is 1. The van der Waals surface area contributed by atoms with E-state index in [0.29, 0.717) is 18.6 Å². The zero-order valence-electron chi connectivity index (χ0n) is 11.1. The van der Waals surface area contributed by atoms with E-state index in [-0.39, 0.29) is 5.97 Å². The van der Waals surface area contributed by atoms with Crippen molar-refractivity contribution in [1.29, 1.82) is 0 Å². The van der Waals surface area contributed by atoms with E-state index in [1.165, 1.54) is 7.11 Å². The van der Waals surface area contributed by atoms with Gasteiger partial charge in [0.05, 0.1) is 26.2 Å². The Balaban J connectivity index is 1.82. The average Bonchev–Trinajstić information content (AvgIpc) is 3.06. The molecular formula is C13H23NO4. The van der Waals surface area contributed by atoms with Gasteiger partial charge in [-0.15, -0.1) is 0 Å². The summed E-state index contributed by atoms with van der Waals surface area (Å²) in [5, 5.41) is 0. The molecule has 0 saturated carbocycles. The molecule has 0 spiro atoms. The topological polar surface area (TPSA) is 48.0 Å². The molecule has 0 bridgehead atoms. The summed E-state index contributed by atoms with van der Waals surface area (Å²) in [4.78, 5) is 13.6. The maximum absolute atomic E-state index is 11.3. The molecular weight excluding hydrogens is 234 g/mol. The third-order valence-electron chi connectivity index (χ3n) is 3.71. The first-order valence-electron chi connectivity index (χ1n) is 6.80. The van der Waals surface area contributed by atoms with Gasteiger partial charge < -0.3 is 14.2 Å². The average molecular weight is 257 g/mol. The Hall–Kier alpha value is -0.650. The maximum Gasteiger partial charge on any atom is 0.306 e. The highest BCUT2D eigenvalue weighted by Crippen LogP contribution is 2.18. The van der Waals surface area contributed by atoms with Crippen molar-refractivity contribution in [3.63, 3.8) is 0 Å². The molecule has 104 valence electrons. The fourth-order valence-corrected chi connectivity index (χ4v) is 2.62. The minimum atomic E-state index is -0.147. The van der Waals surface area contributed by atoms with Crippen LogP contribution in [-0.2, 0) is 19.0 Å². The maximum atomic E-state index is 11.3. The SMILES string of the molecule is COC(=O)CCN(CC1CCCO1)C1CCOC1. The van der Waals surface area contributed by atoms with Gasteiger partial charge in [0.25, 0.3) is 0 Å². The van der Waals surface area contributed by atoms with Crippen molar-refractivity contribution in [2.45, 2.75) is 37.8 Å². The first-order valence-corrected chi connectivity index (χ1v) is 6.80. The fraction of sp³-hybridized carbons (Fsp3) is 0.923. The highest BCUT2D eigenvalue weighted by Gasteiger charge is 2.27. The van der Waals surface area contributed by atoms with Crippen LogP contribution in [0.1, 0.15) is 25.7 Å². The third kappa shape index (κ3) is 3.93. The van der Waals surface area contributed by atoms with Crippen LogP contribution in [0.4, 0.5) is 0 Å². The van der Waals surface area contributed by atoms with Gasteiger partial charge in [0.1, 0.15) is 0 Å². The standard InChI is InChI=1S/C13H23NO4/c1-16-13(15)4-6-14(11-5-8-17-10-11)9-12-3-2-7-18-12/h11-12H,2-10H2,1H3. The van der Waals surface area contributed by atoms with Gasteiger partial charge in [-0.25, -0.2) is 0 Å². The molecule has 2 heterocycles. The second kappa shape index (κ2) is 7.07. The molecule has 2 unspecified atom stereocenters. The van der Waals surface area contributed by atoms with Gasteiger partial charge in [0, 0.05) is 32.3 Å². The first kappa shape index (κ1) is 13.8. The summed E-state index contributed by atoms with van der Waals surface area (Å²) in [6.45, 7) is 4.11. The Morgan fingerprint density at radius 2 is 2.28 bits per heavy atom. The van der Waals surface area contributed by atoms with Crippen LogP contribution in [0.5, 0.6) is 0 Å². The van der Waals surface area contributed by atoms with E-state index < -0.39 is 0 Å². The summed E-state index contributed by atoms with van der Waals surface area (Å²) in [6.07, 6.45) is 4.09. The van der Waals surface area contributed by atoms with Gasteiger partial charge in [-0.3, -0.25) is 9.69 Å². The van der Waals surface area contributed by atoms with Crippen molar-refractivity contribution in [3.8, 4) is 0 Å². The Morgan fingerprint density at radius 1 is 1.39 bits per heavy atom. The van der Waals surface area contributed by atoms with E-state index >= 15 is 0 Å². The Morgan fingerprint density at radius 3 is 2.89 bits per heavy atom. The first-order chi connectivity index (χ1) is 8.79. The molecule has 2 aliphatic rings. The lowest BCUT2D eigenvalue weighted by Gasteiger charge is -2.29. The van der Waals surface area contributed by atoms with Gasteiger partial charge in [0.15, 0.2) is 0 Å². The number of esters is 1. The monoisotopic (exact) mass is 257 g/mol. The normalized spacial score (nSPS) is 27.9. The number of hydrogen-bond acceptors (Lipinski definition) is 5. The summed E-state index contributed by atoms with van der Waals surface area (Å²) in [7, 11) is 1.44. The van der Waals surface area contributed by atoms with E-state index in [1.54, 1.807) is 0 Å². The fourth-order valence-electron chi connectivity index (χ4n) is 2.62. The van der Waals surface area contributed by atoms with E-state index in [0.717, 1.165) is 52.2 Å². The molecule has 0 aromatic rings. The minimum Gasteiger partial charge on any atom is -0.469 e. The second-order valence-corrected chi connectivity index (χ2v) is 4.97. The van der Waals surface area contributed by atoms with Crippen molar-refractivity contribution in [1.82, 2.24) is 4.90 Å². The zero-order chi connectivity index (χ0) is 12.8. The molecule has 0 amide bonds. The van der Waals surface area contributed by atoms with Gasteiger partial charge >= 0.3 is 5.97 Å². The van der Waals surface area contributed by atoms with Crippen molar-refractivity contribution in [3.05, 3.63) is 0 Å². The smallest absolute Gasteiger partial charge is 0.306 e. The van der Waals surface area contributed by atoms with Crippen LogP contribution in [-0.4, -0.2) is 63.0 Å². The van der Waals surface area contributed by atoms with E-state index in [9.17, 15) is 4.79 Å². The van der Waals surface area contributed by atoms with Gasteiger partial charge in [-0.2, -0.15) is 0 Å². The Kier molecular flexibility index (Phi) is 5.41. The van der Waals surface area contributed by atoms with Crippen LogP contribution in [0.15, 0.2) is 0 Å². The summed E-state index contributed by atoms with van der Waals surface area (Å²) in [5.74, 6) is -0.147. The van der Waals surface area contributed by atoms with E-state index in [1.807, 2.05) is 0 Å². The Labute approximate surface area is 108 Å². The van der Waals surface area contributed by atoms with Crippen LogP contribution in [0.2, 0.25) is 0 Å². The van der Waals surface area contributed by atoms with E-state index in [4.69, 9.17) is 14.2 Å². The van der Waals surface area contributed by atoms with Crippen LogP contribution in [0.25, 0.3) is 0 Å². The number of nitrogens with zero attached hydrogens (tertiary/aromatic N) is 1. The molecule has 2 rings (SSSR count). The molecule has 2 saturated heterocycles. The molecule has 5 heteroatoms. The van der Waals surface area contributed by atoms with Crippen LogP contribution < -0.4 is 0 Å². The summed E-state index contributed by atoms with van der Waals surface area (Å²) < 4.78 is 15.8. The zero-order valence-corrected chi connectivity index (χ0v) is 11.1. The molecule has 0 radical (unpaired) electrons. The number of rotatable bonds is 6. The van der Waals surface area contributed by atoms with Gasteiger partial charge in [-0.1, -0.05) is 0 Å². The third-order valence-corrected chi connectivity index (χ3v) is 3.71. The summed E-state index contributed by atoms with van der Waals surface area (Å²) >= 11 is 0. The lowest BCUT2D eigenvalue weighted by Crippen LogP contribution is -2.42. The van der Waals surface area contributed by atoms with Crippen molar-refractivity contribution < 1.29 is 19.0 Å². The molecule has 0 aromatic heterocycles. The molecule has 18 heavy (non-hydrogen) atoms. The molecule has 0 aromatic carbocycles. The molecule has 2 aliphatic heterocycles. The van der Waals surface area contributed by atoms with Crippen LogP contribution in [0, 0.1) is 0 Å². The quantitative estimate of drug-likeness (QED) is 0.659.